The minimum Gasteiger partial charge on any atom is -0.493 e. The van der Waals surface area contributed by atoms with Crippen LogP contribution in [0.3, 0.4) is 0 Å². The Morgan fingerprint density at radius 1 is 1.10 bits per heavy atom. The van der Waals surface area contributed by atoms with Gasteiger partial charge in [-0.1, -0.05) is 15.9 Å². The molecule has 1 rings (SSSR count). The smallest absolute Gasteiger partial charge is 0.161 e. The van der Waals surface area contributed by atoms with Crippen LogP contribution < -0.4 is 14.8 Å². The third-order valence-electron chi connectivity index (χ3n) is 3.80. The van der Waals surface area contributed by atoms with Gasteiger partial charge < -0.3 is 19.9 Å². The number of hydrogen-bond donors (Lipinski definition) is 2. The first-order valence-electron chi connectivity index (χ1n) is 6.50. The first kappa shape index (κ1) is 17.3. The molecule has 0 bridgehead atoms. The van der Waals surface area contributed by atoms with Gasteiger partial charge >= 0.3 is 0 Å². The van der Waals surface area contributed by atoms with E-state index in [4.69, 9.17) is 9.47 Å². The lowest BCUT2D eigenvalue weighted by Crippen LogP contribution is -2.55. The van der Waals surface area contributed by atoms with Crippen molar-refractivity contribution in [2.24, 2.45) is 0 Å². The van der Waals surface area contributed by atoms with Gasteiger partial charge in [0.1, 0.15) is 0 Å². The fraction of sp³-hybridized carbons (Fsp3) is 0.600. The Balaban J connectivity index is 2.94. The number of benzene rings is 1. The number of halogens is 1. The maximum atomic E-state index is 10.2. The summed E-state index contributed by atoms with van der Waals surface area (Å²) in [4.78, 5) is 0. The number of ether oxygens (including phenoxy) is 2. The van der Waals surface area contributed by atoms with E-state index in [9.17, 15) is 5.11 Å². The Bertz CT molecular complexity index is 467. The minimum absolute atomic E-state index is 0.417. The van der Waals surface area contributed by atoms with Gasteiger partial charge in [0.15, 0.2) is 11.5 Å². The summed E-state index contributed by atoms with van der Waals surface area (Å²) >= 11 is 3.53. The Hall–Kier alpha value is -0.780. The summed E-state index contributed by atoms with van der Waals surface area (Å²) in [6.45, 7) is 8.15. The molecule has 0 fully saturated rings. The molecule has 0 aliphatic rings. The first-order valence-corrected chi connectivity index (χ1v) is 7.29. The average Bonchev–Trinajstić information content (AvgIpc) is 2.35. The van der Waals surface area contributed by atoms with Crippen LogP contribution in [0.15, 0.2) is 16.6 Å². The van der Waals surface area contributed by atoms with E-state index in [1.807, 2.05) is 26.0 Å². The zero-order chi connectivity index (χ0) is 15.6. The van der Waals surface area contributed by atoms with Crippen LogP contribution in [0.25, 0.3) is 0 Å². The Kier molecular flexibility index (Phi) is 5.46. The summed E-state index contributed by atoms with van der Waals surface area (Å²) in [6.07, 6.45) is 0. The topological polar surface area (TPSA) is 50.7 Å². The van der Waals surface area contributed by atoms with Gasteiger partial charge in [0.2, 0.25) is 0 Å². The Morgan fingerprint density at radius 2 is 1.60 bits per heavy atom. The van der Waals surface area contributed by atoms with Crippen molar-refractivity contribution in [1.82, 2.24) is 5.32 Å². The van der Waals surface area contributed by atoms with Gasteiger partial charge in [0.25, 0.3) is 0 Å². The summed E-state index contributed by atoms with van der Waals surface area (Å²) in [7, 11) is 3.23. The molecule has 2 N–H and O–H groups in total. The maximum Gasteiger partial charge on any atom is 0.161 e. The van der Waals surface area contributed by atoms with Crippen LogP contribution in [-0.4, -0.2) is 30.5 Å². The van der Waals surface area contributed by atoms with Crippen LogP contribution >= 0.6 is 15.9 Å². The SMILES string of the molecule is COc1cc(Br)c(CNC(C)(C)C(C)(C)O)cc1OC. The minimum atomic E-state index is -0.823. The number of rotatable bonds is 6. The highest BCUT2D eigenvalue weighted by Gasteiger charge is 2.34. The van der Waals surface area contributed by atoms with E-state index in [2.05, 4.69) is 21.2 Å². The molecule has 0 heterocycles. The fourth-order valence-corrected chi connectivity index (χ4v) is 2.03. The Morgan fingerprint density at radius 3 is 2.05 bits per heavy atom. The molecular weight excluding hydrogens is 322 g/mol. The van der Waals surface area contributed by atoms with E-state index in [0.717, 1.165) is 10.0 Å². The van der Waals surface area contributed by atoms with Crippen molar-refractivity contribution in [2.75, 3.05) is 14.2 Å². The summed E-state index contributed by atoms with van der Waals surface area (Å²) in [5, 5.41) is 13.5. The highest BCUT2D eigenvalue weighted by molar-refractivity contribution is 9.10. The zero-order valence-corrected chi connectivity index (χ0v) is 14.6. The molecular formula is C15H24BrNO3. The van der Waals surface area contributed by atoms with Crippen molar-refractivity contribution in [1.29, 1.82) is 0 Å². The van der Waals surface area contributed by atoms with Gasteiger partial charge in [-0.25, -0.2) is 0 Å². The molecule has 114 valence electrons. The molecule has 0 aliphatic heterocycles. The van der Waals surface area contributed by atoms with E-state index < -0.39 is 11.1 Å². The summed E-state index contributed by atoms with van der Waals surface area (Å²) < 4.78 is 11.5. The van der Waals surface area contributed by atoms with E-state index in [-0.39, 0.29) is 0 Å². The van der Waals surface area contributed by atoms with Crippen LogP contribution in [0.4, 0.5) is 0 Å². The van der Waals surface area contributed by atoms with E-state index in [0.29, 0.717) is 18.0 Å². The van der Waals surface area contributed by atoms with Crippen molar-refractivity contribution in [3.05, 3.63) is 22.2 Å². The lowest BCUT2D eigenvalue weighted by atomic mass is 9.86. The van der Waals surface area contributed by atoms with Crippen LogP contribution in [0.5, 0.6) is 11.5 Å². The molecule has 0 atom stereocenters. The van der Waals surface area contributed by atoms with Gasteiger partial charge in [-0.05, 0) is 45.4 Å². The van der Waals surface area contributed by atoms with Gasteiger partial charge in [-0.2, -0.15) is 0 Å². The van der Waals surface area contributed by atoms with Gasteiger partial charge in [0, 0.05) is 16.6 Å². The quantitative estimate of drug-likeness (QED) is 0.831. The molecule has 0 spiro atoms. The van der Waals surface area contributed by atoms with E-state index in [1.54, 1.807) is 28.1 Å². The number of methoxy groups -OCH3 is 2. The van der Waals surface area contributed by atoms with Gasteiger partial charge in [0.05, 0.1) is 19.8 Å². The molecule has 0 saturated heterocycles. The standard InChI is InChI=1S/C15H24BrNO3/c1-14(2,15(3,4)18)17-9-10-7-12(19-5)13(20-6)8-11(10)16/h7-8,17-18H,9H2,1-6H3. The third kappa shape index (κ3) is 3.87. The molecule has 4 nitrogen and oxygen atoms in total. The summed E-state index contributed by atoms with van der Waals surface area (Å²) in [5.74, 6) is 1.37. The Labute approximate surface area is 129 Å². The van der Waals surface area contributed by atoms with E-state index >= 15 is 0 Å². The van der Waals surface area contributed by atoms with Crippen molar-refractivity contribution in [3.8, 4) is 11.5 Å². The average molecular weight is 346 g/mol. The molecule has 0 unspecified atom stereocenters. The molecule has 20 heavy (non-hydrogen) atoms. The van der Waals surface area contributed by atoms with Crippen molar-refractivity contribution >= 4 is 15.9 Å². The highest BCUT2D eigenvalue weighted by atomic mass is 79.9. The van der Waals surface area contributed by atoms with Crippen LogP contribution in [0.2, 0.25) is 0 Å². The largest absolute Gasteiger partial charge is 0.493 e. The van der Waals surface area contributed by atoms with Crippen molar-refractivity contribution in [2.45, 2.75) is 45.4 Å². The summed E-state index contributed by atoms with van der Waals surface area (Å²) in [5.41, 5.74) is -0.199. The van der Waals surface area contributed by atoms with Crippen molar-refractivity contribution < 1.29 is 14.6 Å². The second kappa shape index (κ2) is 6.33. The highest BCUT2D eigenvalue weighted by Crippen LogP contribution is 2.33. The monoisotopic (exact) mass is 345 g/mol. The molecule has 0 aromatic heterocycles. The predicted molar refractivity (Wildman–Crippen MR) is 84.5 cm³/mol. The van der Waals surface area contributed by atoms with E-state index in [1.165, 1.54) is 0 Å². The molecule has 0 saturated carbocycles. The second-order valence-corrected chi connectivity index (χ2v) is 6.69. The molecule has 0 radical (unpaired) electrons. The first-order chi connectivity index (χ1) is 9.12. The molecule has 1 aromatic rings. The maximum absolute atomic E-state index is 10.2. The van der Waals surface area contributed by atoms with Crippen LogP contribution in [0.1, 0.15) is 33.3 Å². The lowest BCUT2D eigenvalue weighted by Gasteiger charge is -2.38. The number of nitrogens with one attached hydrogen (secondary N) is 1. The van der Waals surface area contributed by atoms with Crippen LogP contribution in [-0.2, 0) is 6.54 Å². The normalized spacial score (nSPS) is 12.4. The van der Waals surface area contributed by atoms with Gasteiger partial charge in [-0.15, -0.1) is 0 Å². The van der Waals surface area contributed by atoms with Crippen molar-refractivity contribution in [3.63, 3.8) is 0 Å². The summed E-state index contributed by atoms with van der Waals surface area (Å²) in [6, 6.07) is 3.81. The lowest BCUT2D eigenvalue weighted by molar-refractivity contribution is -0.00534. The predicted octanol–water partition coefficient (Wildman–Crippen LogP) is 3.11. The van der Waals surface area contributed by atoms with Gasteiger partial charge in [-0.3, -0.25) is 0 Å². The fourth-order valence-electron chi connectivity index (χ4n) is 1.56. The number of hydrogen-bond acceptors (Lipinski definition) is 4. The zero-order valence-electron chi connectivity index (χ0n) is 13.0. The molecule has 5 heteroatoms. The molecule has 0 aliphatic carbocycles. The second-order valence-electron chi connectivity index (χ2n) is 5.84. The van der Waals surface area contributed by atoms with Crippen LogP contribution in [0, 0.1) is 0 Å². The number of aliphatic hydroxyl groups is 1. The molecule has 1 aromatic carbocycles. The third-order valence-corrected chi connectivity index (χ3v) is 4.54. The molecule has 0 amide bonds.